The lowest BCUT2D eigenvalue weighted by Crippen LogP contribution is -2.60. The summed E-state index contributed by atoms with van der Waals surface area (Å²) in [6.45, 7) is 11.2. The molecule has 3 unspecified atom stereocenters. The SMILES string of the molecule is CC[C@H](C)[C@@H]([C@@H](CC(=O)N1CCCC1[C@H](OC)[C@@H](C)C(=O)NC(Cc1ccccc1)C(=O)Nc1ccc(CNC(=O)NCCCCCCN2C(=O)C=CC2=O)cc1)OC)N(C)C(=O)C(NC(=O)[C@H]1N[C@@H]2CC[C@H]1C2)C(C)C. The molecule has 1 aliphatic carbocycles. The Hall–Kier alpha value is -6.18. The lowest BCUT2D eigenvalue weighted by atomic mass is 9.89. The number of likely N-dealkylation sites (tertiary alicyclic amines) is 1. The molecule has 2 aromatic rings. The molecular formula is C58H85N9O10. The van der Waals surface area contributed by atoms with E-state index in [1.165, 1.54) is 24.2 Å². The Morgan fingerprint density at radius 2 is 1.51 bits per heavy atom. The van der Waals surface area contributed by atoms with Crippen LogP contribution in [0.3, 0.4) is 0 Å². The highest BCUT2D eigenvalue weighted by Gasteiger charge is 2.46. The van der Waals surface area contributed by atoms with Gasteiger partial charge in [0.1, 0.15) is 12.1 Å². The van der Waals surface area contributed by atoms with Crippen LogP contribution in [0, 0.1) is 23.7 Å². The van der Waals surface area contributed by atoms with Gasteiger partial charge in [0.05, 0.1) is 42.7 Å². The Labute approximate surface area is 455 Å². The number of rotatable bonds is 29. The number of carbonyl (C=O) groups excluding carboxylic acids is 8. The average molecular weight is 1070 g/mol. The number of carbonyl (C=O) groups is 8. The molecular weight excluding hydrogens is 983 g/mol. The van der Waals surface area contributed by atoms with E-state index in [2.05, 4.69) is 31.9 Å². The van der Waals surface area contributed by atoms with Gasteiger partial charge in [0, 0.05) is 77.7 Å². The van der Waals surface area contributed by atoms with Crippen LogP contribution < -0.4 is 31.9 Å². The van der Waals surface area contributed by atoms with Gasteiger partial charge in [-0.1, -0.05) is 96.3 Å². The number of ether oxygens (including phenoxy) is 2. The largest absolute Gasteiger partial charge is 0.379 e. The highest BCUT2D eigenvalue weighted by molar-refractivity contribution is 6.12. The number of methoxy groups -OCH3 is 2. The first-order valence-electron chi connectivity index (χ1n) is 27.9. The number of hydrogen-bond donors (Lipinski definition) is 6. The molecule has 6 rings (SSSR count). The molecule has 9 amide bonds. The molecule has 3 aliphatic heterocycles. The van der Waals surface area contributed by atoms with E-state index in [1.54, 1.807) is 55.1 Å². The predicted octanol–water partition coefficient (Wildman–Crippen LogP) is 4.84. The second kappa shape index (κ2) is 29.0. The average Bonchev–Trinajstić information content (AvgIpc) is 4.26. The second-order valence-electron chi connectivity index (χ2n) is 21.9. The highest BCUT2D eigenvalue weighted by Crippen LogP contribution is 2.36. The number of urea groups is 1. The number of imide groups is 1. The van der Waals surface area contributed by atoms with Gasteiger partial charge >= 0.3 is 6.03 Å². The van der Waals surface area contributed by atoms with Gasteiger partial charge in [-0.25, -0.2) is 4.79 Å². The summed E-state index contributed by atoms with van der Waals surface area (Å²) in [5.74, 6) is -2.70. The maximum Gasteiger partial charge on any atom is 0.315 e. The molecule has 6 N–H and O–H groups in total. The van der Waals surface area contributed by atoms with Gasteiger partial charge in [0.25, 0.3) is 11.8 Å². The molecule has 19 nitrogen and oxygen atoms in total. The van der Waals surface area contributed by atoms with Gasteiger partial charge in [-0.2, -0.15) is 0 Å². The lowest BCUT2D eigenvalue weighted by Gasteiger charge is -2.41. The molecule has 0 radical (unpaired) electrons. The van der Waals surface area contributed by atoms with Crippen LogP contribution in [0.25, 0.3) is 0 Å². The second-order valence-corrected chi connectivity index (χ2v) is 21.9. The Kier molecular flexibility index (Phi) is 22.6. The number of likely N-dealkylation sites (N-methyl/N-ethyl adjacent to an activating group) is 1. The molecule has 422 valence electrons. The van der Waals surface area contributed by atoms with Crippen LogP contribution in [0.5, 0.6) is 0 Å². The standard InChI is InChI=1S/C58H85N9O10/c1-9-37(4)52(65(6)57(74)50(36(2)3)64-56(73)51-41-23-26-43(33-41)61-51)46(76-7)34-49(70)66-31-17-20-45(66)53(77-8)38(5)54(71)63-44(32-39-18-13-12-14-19-39)55(72)62-42-24-21-40(22-25-42)35-60-58(75)59-29-15-10-11-16-30-67-47(68)27-28-48(67)69/h12-14,18-19,21-22,24-25,27-28,36-38,41,43-46,50-53,61H,9-11,15-17,20,23,26,29-35H2,1-8H3,(H,62,72)(H,63,71)(H,64,73)(H2,59,60,75)/t37-,38+,41-,43+,44?,45?,46+,50?,51-,52-,53+/m0/s1. The molecule has 1 saturated carbocycles. The fraction of sp³-hybridized carbons (Fsp3) is 0.621. The summed E-state index contributed by atoms with van der Waals surface area (Å²) in [6, 6.07) is 13.5. The summed E-state index contributed by atoms with van der Waals surface area (Å²) < 4.78 is 12.2. The van der Waals surface area contributed by atoms with Crippen LogP contribution in [0.1, 0.15) is 116 Å². The predicted molar refractivity (Wildman–Crippen MR) is 293 cm³/mol. The van der Waals surface area contributed by atoms with Gasteiger partial charge in [0.15, 0.2) is 0 Å². The van der Waals surface area contributed by atoms with Crippen molar-refractivity contribution in [3.8, 4) is 0 Å². The van der Waals surface area contributed by atoms with Gasteiger partial charge in [-0.05, 0) is 86.0 Å². The van der Waals surface area contributed by atoms with E-state index < -0.39 is 54.1 Å². The topological polar surface area (TPSA) is 237 Å². The van der Waals surface area contributed by atoms with Crippen molar-refractivity contribution in [3.05, 3.63) is 77.9 Å². The number of amides is 9. The van der Waals surface area contributed by atoms with E-state index in [0.717, 1.165) is 49.7 Å². The lowest BCUT2D eigenvalue weighted by molar-refractivity contribution is -0.148. The van der Waals surface area contributed by atoms with Crippen molar-refractivity contribution < 1.29 is 47.8 Å². The smallest absolute Gasteiger partial charge is 0.315 e. The zero-order chi connectivity index (χ0) is 55.8. The Bertz CT molecular complexity index is 2350. The van der Waals surface area contributed by atoms with Crippen LogP contribution >= 0.6 is 0 Å². The molecule has 11 atom stereocenters. The van der Waals surface area contributed by atoms with E-state index in [4.69, 9.17) is 9.47 Å². The zero-order valence-corrected chi connectivity index (χ0v) is 46.5. The molecule has 19 heteroatoms. The number of nitrogens with one attached hydrogen (secondary N) is 6. The molecule has 2 saturated heterocycles. The van der Waals surface area contributed by atoms with Crippen molar-refractivity contribution >= 4 is 53.1 Å². The van der Waals surface area contributed by atoms with Gasteiger partial charge < -0.3 is 51.2 Å². The number of fused-ring (bicyclic) bond motifs is 2. The van der Waals surface area contributed by atoms with Crippen LogP contribution in [0.4, 0.5) is 10.5 Å². The summed E-state index contributed by atoms with van der Waals surface area (Å²) in [5, 5.41) is 18.2. The van der Waals surface area contributed by atoms with Crippen molar-refractivity contribution in [2.75, 3.05) is 46.2 Å². The summed E-state index contributed by atoms with van der Waals surface area (Å²) >= 11 is 0. The van der Waals surface area contributed by atoms with Crippen molar-refractivity contribution in [2.24, 2.45) is 23.7 Å². The molecule has 4 aliphatic rings. The molecule has 77 heavy (non-hydrogen) atoms. The fourth-order valence-corrected chi connectivity index (χ4v) is 11.6. The number of unbranched alkanes of at least 4 members (excludes halogenated alkanes) is 3. The number of hydrogen-bond acceptors (Lipinski definition) is 11. The minimum Gasteiger partial charge on any atom is -0.379 e. The van der Waals surface area contributed by atoms with Crippen molar-refractivity contribution in [3.63, 3.8) is 0 Å². The van der Waals surface area contributed by atoms with E-state index in [9.17, 15) is 38.4 Å². The first kappa shape index (κ1) is 60.1. The van der Waals surface area contributed by atoms with E-state index in [-0.39, 0.29) is 78.7 Å². The number of benzene rings is 2. The number of piperidine rings is 1. The zero-order valence-electron chi connectivity index (χ0n) is 46.5. The summed E-state index contributed by atoms with van der Waals surface area (Å²) in [6.07, 6.45) is 9.54. The van der Waals surface area contributed by atoms with Gasteiger partial charge in [-0.15, -0.1) is 0 Å². The molecule has 3 fully saturated rings. The highest BCUT2D eigenvalue weighted by atomic mass is 16.5. The minimum absolute atomic E-state index is 0.0199. The monoisotopic (exact) mass is 1070 g/mol. The molecule has 0 spiro atoms. The minimum atomic E-state index is -0.968. The van der Waals surface area contributed by atoms with E-state index in [0.29, 0.717) is 57.0 Å². The van der Waals surface area contributed by atoms with E-state index in [1.807, 2.05) is 58.0 Å². The maximum atomic E-state index is 14.5. The van der Waals surface area contributed by atoms with Crippen LogP contribution in [-0.4, -0.2) is 151 Å². The summed E-state index contributed by atoms with van der Waals surface area (Å²) in [4.78, 5) is 111. The third-order valence-corrected chi connectivity index (χ3v) is 16.2. The fourth-order valence-electron chi connectivity index (χ4n) is 11.6. The molecule has 2 aromatic carbocycles. The third-order valence-electron chi connectivity index (χ3n) is 16.2. The van der Waals surface area contributed by atoms with Gasteiger partial charge in [0.2, 0.25) is 29.5 Å². The molecule has 3 heterocycles. The summed E-state index contributed by atoms with van der Waals surface area (Å²) in [7, 11) is 4.82. The first-order valence-corrected chi connectivity index (χ1v) is 27.9. The normalized spacial score (nSPS) is 21.5. The maximum absolute atomic E-state index is 14.5. The van der Waals surface area contributed by atoms with Crippen LogP contribution in [0.2, 0.25) is 0 Å². The van der Waals surface area contributed by atoms with Crippen molar-refractivity contribution in [1.82, 2.24) is 41.3 Å². The number of anilines is 1. The van der Waals surface area contributed by atoms with Gasteiger partial charge in [-0.3, -0.25) is 38.5 Å². The molecule has 0 aromatic heterocycles. The van der Waals surface area contributed by atoms with Crippen LogP contribution in [0.15, 0.2) is 66.7 Å². The Morgan fingerprint density at radius 3 is 2.13 bits per heavy atom. The van der Waals surface area contributed by atoms with Crippen LogP contribution in [-0.2, 0) is 56.0 Å². The molecule has 2 bridgehead atoms. The third kappa shape index (κ3) is 16.2. The quantitative estimate of drug-likeness (QED) is 0.0477. The number of nitrogens with zero attached hydrogens (tertiary/aromatic N) is 3. The Morgan fingerprint density at radius 1 is 0.805 bits per heavy atom. The summed E-state index contributed by atoms with van der Waals surface area (Å²) in [5.41, 5.74) is 2.15. The van der Waals surface area contributed by atoms with E-state index >= 15 is 0 Å². The van der Waals surface area contributed by atoms with Crippen molar-refractivity contribution in [2.45, 2.75) is 167 Å². The van der Waals surface area contributed by atoms with Crippen molar-refractivity contribution in [1.29, 1.82) is 0 Å². The Balaban J connectivity index is 1.02. The first-order chi connectivity index (χ1) is 36.9.